The fraction of sp³-hybridized carbons (Fsp3) is 0.857. The number of carbonyl (C=O) groups excluding carboxylic acids is 1. The van der Waals surface area contributed by atoms with Crippen molar-refractivity contribution in [2.24, 2.45) is 0 Å². The fourth-order valence-electron chi connectivity index (χ4n) is 2.39. The van der Waals surface area contributed by atoms with Crippen LogP contribution in [0.2, 0.25) is 0 Å². The Hall–Kier alpha value is -1.30. The predicted molar refractivity (Wildman–Crippen MR) is 77.8 cm³/mol. The number of nitrogens with one attached hydrogen (secondary N) is 2. The number of unbranched alkanes of at least 4 members (excludes halogenated alkanes) is 1. The van der Waals surface area contributed by atoms with E-state index in [1.165, 1.54) is 19.3 Å². The normalized spacial score (nSPS) is 17.4. The van der Waals surface area contributed by atoms with Gasteiger partial charge < -0.3 is 15.7 Å². The molecule has 3 N–H and O–H groups in total. The van der Waals surface area contributed by atoms with Crippen molar-refractivity contribution in [3.8, 4) is 0 Å². The van der Waals surface area contributed by atoms with E-state index >= 15 is 0 Å². The zero-order chi connectivity index (χ0) is 14.8. The molecular weight excluding hydrogens is 258 g/mol. The van der Waals surface area contributed by atoms with Gasteiger partial charge >= 0.3 is 12.0 Å². The zero-order valence-electron chi connectivity index (χ0n) is 12.4. The Morgan fingerprint density at radius 2 is 1.85 bits per heavy atom. The topological polar surface area (TPSA) is 81.7 Å². The van der Waals surface area contributed by atoms with Gasteiger partial charge in [0, 0.05) is 25.6 Å². The molecule has 1 rings (SSSR count). The van der Waals surface area contributed by atoms with Crippen molar-refractivity contribution >= 4 is 12.0 Å². The molecule has 0 radical (unpaired) electrons. The molecule has 6 nitrogen and oxygen atoms in total. The third-order valence-electron chi connectivity index (χ3n) is 3.68. The number of carboxylic acid groups (broad SMARTS) is 1. The highest BCUT2D eigenvalue weighted by Gasteiger charge is 2.16. The molecule has 1 saturated heterocycles. The first-order chi connectivity index (χ1) is 9.59. The molecule has 6 heteroatoms. The number of urea groups is 1. The van der Waals surface area contributed by atoms with Crippen molar-refractivity contribution in [2.75, 3.05) is 26.2 Å². The monoisotopic (exact) mass is 285 g/mol. The van der Waals surface area contributed by atoms with Gasteiger partial charge in [-0.2, -0.15) is 0 Å². The maximum Gasteiger partial charge on any atom is 0.314 e. The number of piperidine rings is 1. The molecule has 2 amide bonds. The standard InChI is InChI=1S/C14H27N3O3/c1-12(17-9-5-2-6-10-17)11-16-14(20)15-8-4-3-7-13(18)19/h12H,2-11H2,1H3,(H,18,19)(H2,15,16,20). The van der Waals surface area contributed by atoms with Gasteiger partial charge in [-0.05, 0) is 45.7 Å². The Bertz CT molecular complexity index is 304. The Balaban J connectivity index is 2.02. The van der Waals surface area contributed by atoms with Crippen LogP contribution in [0.5, 0.6) is 0 Å². The summed E-state index contributed by atoms with van der Waals surface area (Å²) in [5.41, 5.74) is 0. The SMILES string of the molecule is CC(CNC(=O)NCCCCC(=O)O)N1CCCCC1. The highest BCUT2D eigenvalue weighted by Crippen LogP contribution is 2.11. The van der Waals surface area contributed by atoms with Crippen LogP contribution in [0.4, 0.5) is 4.79 Å². The third kappa shape index (κ3) is 7.33. The van der Waals surface area contributed by atoms with Crippen LogP contribution in [-0.4, -0.2) is 54.2 Å². The third-order valence-corrected chi connectivity index (χ3v) is 3.68. The number of rotatable bonds is 8. The number of hydrogen-bond donors (Lipinski definition) is 3. The van der Waals surface area contributed by atoms with Crippen molar-refractivity contribution in [3.63, 3.8) is 0 Å². The maximum absolute atomic E-state index is 11.6. The minimum atomic E-state index is -0.787. The number of amides is 2. The van der Waals surface area contributed by atoms with Gasteiger partial charge in [0.2, 0.25) is 0 Å². The second-order valence-corrected chi connectivity index (χ2v) is 5.43. The van der Waals surface area contributed by atoms with Crippen LogP contribution in [-0.2, 0) is 4.79 Å². The molecule has 0 aromatic rings. The fourth-order valence-corrected chi connectivity index (χ4v) is 2.39. The van der Waals surface area contributed by atoms with Crippen LogP contribution in [0.1, 0.15) is 45.4 Å². The van der Waals surface area contributed by atoms with Gasteiger partial charge in [0.25, 0.3) is 0 Å². The number of likely N-dealkylation sites (tertiary alicyclic amines) is 1. The van der Waals surface area contributed by atoms with Gasteiger partial charge in [-0.3, -0.25) is 9.69 Å². The van der Waals surface area contributed by atoms with Crippen LogP contribution in [0.15, 0.2) is 0 Å². The van der Waals surface area contributed by atoms with Crippen molar-refractivity contribution in [1.82, 2.24) is 15.5 Å². The van der Waals surface area contributed by atoms with Gasteiger partial charge in [-0.25, -0.2) is 4.79 Å². The summed E-state index contributed by atoms with van der Waals surface area (Å²) in [6.45, 7) is 5.57. The molecule has 0 spiro atoms. The second-order valence-electron chi connectivity index (χ2n) is 5.43. The Morgan fingerprint density at radius 1 is 1.15 bits per heavy atom. The lowest BCUT2D eigenvalue weighted by Gasteiger charge is -2.32. The first kappa shape index (κ1) is 16.8. The molecule has 0 aliphatic carbocycles. The average Bonchev–Trinajstić information content (AvgIpc) is 2.45. The molecule has 20 heavy (non-hydrogen) atoms. The van der Waals surface area contributed by atoms with E-state index in [-0.39, 0.29) is 12.5 Å². The molecule has 0 aromatic heterocycles. The van der Waals surface area contributed by atoms with Crippen LogP contribution >= 0.6 is 0 Å². The van der Waals surface area contributed by atoms with Crippen molar-refractivity contribution in [2.45, 2.75) is 51.5 Å². The Morgan fingerprint density at radius 3 is 2.50 bits per heavy atom. The van der Waals surface area contributed by atoms with Gasteiger partial charge in [-0.1, -0.05) is 6.42 Å². The number of hydrogen-bond acceptors (Lipinski definition) is 3. The number of nitrogens with zero attached hydrogens (tertiary/aromatic N) is 1. The largest absolute Gasteiger partial charge is 0.481 e. The van der Waals surface area contributed by atoms with Crippen molar-refractivity contribution in [3.05, 3.63) is 0 Å². The van der Waals surface area contributed by atoms with E-state index in [1.807, 2.05) is 0 Å². The quantitative estimate of drug-likeness (QED) is 0.589. The zero-order valence-corrected chi connectivity index (χ0v) is 12.4. The van der Waals surface area contributed by atoms with Gasteiger partial charge in [-0.15, -0.1) is 0 Å². The minimum Gasteiger partial charge on any atom is -0.481 e. The Labute approximate surface area is 120 Å². The minimum absolute atomic E-state index is 0.162. The smallest absolute Gasteiger partial charge is 0.314 e. The summed E-state index contributed by atoms with van der Waals surface area (Å²) >= 11 is 0. The number of aliphatic carboxylic acids is 1. The maximum atomic E-state index is 11.6. The van der Waals surface area contributed by atoms with E-state index in [4.69, 9.17) is 5.11 Å². The highest BCUT2D eigenvalue weighted by molar-refractivity contribution is 5.73. The van der Waals surface area contributed by atoms with Crippen LogP contribution in [0.3, 0.4) is 0 Å². The number of carboxylic acids is 1. The summed E-state index contributed by atoms with van der Waals surface area (Å²) in [5.74, 6) is -0.787. The van der Waals surface area contributed by atoms with Gasteiger partial charge in [0.05, 0.1) is 0 Å². The molecular formula is C14H27N3O3. The summed E-state index contributed by atoms with van der Waals surface area (Å²) in [6.07, 6.45) is 5.27. The molecule has 1 aliphatic heterocycles. The van der Waals surface area contributed by atoms with E-state index in [0.717, 1.165) is 13.1 Å². The second kappa shape index (κ2) is 9.58. The molecule has 1 atom stereocenters. The lowest BCUT2D eigenvalue weighted by Crippen LogP contribution is -2.46. The van der Waals surface area contributed by atoms with E-state index in [0.29, 0.717) is 32.0 Å². The molecule has 1 aliphatic rings. The summed E-state index contributed by atoms with van der Waals surface area (Å²) < 4.78 is 0. The molecule has 0 saturated carbocycles. The summed E-state index contributed by atoms with van der Waals surface area (Å²) in [4.78, 5) is 24.3. The molecule has 1 fully saturated rings. The average molecular weight is 285 g/mol. The molecule has 116 valence electrons. The summed E-state index contributed by atoms with van der Waals surface area (Å²) in [6, 6.07) is 0.206. The van der Waals surface area contributed by atoms with Gasteiger partial charge in [0.1, 0.15) is 0 Å². The lowest BCUT2D eigenvalue weighted by atomic mass is 10.1. The number of carbonyl (C=O) groups is 2. The predicted octanol–water partition coefficient (Wildman–Crippen LogP) is 1.41. The summed E-state index contributed by atoms with van der Waals surface area (Å²) in [7, 11) is 0. The molecule has 0 aromatic carbocycles. The van der Waals surface area contributed by atoms with Crippen LogP contribution in [0.25, 0.3) is 0 Å². The first-order valence-electron chi connectivity index (χ1n) is 7.57. The first-order valence-corrected chi connectivity index (χ1v) is 7.57. The van der Waals surface area contributed by atoms with E-state index in [1.54, 1.807) is 0 Å². The lowest BCUT2D eigenvalue weighted by molar-refractivity contribution is -0.137. The van der Waals surface area contributed by atoms with Gasteiger partial charge in [0.15, 0.2) is 0 Å². The molecule has 1 unspecified atom stereocenters. The molecule has 0 bridgehead atoms. The van der Waals surface area contributed by atoms with E-state index in [2.05, 4.69) is 22.5 Å². The Kier molecular flexibility index (Phi) is 8.02. The highest BCUT2D eigenvalue weighted by atomic mass is 16.4. The van der Waals surface area contributed by atoms with Crippen LogP contribution < -0.4 is 10.6 Å². The summed E-state index contributed by atoms with van der Waals surface area (Å²) in [5, 5.41) is 14.1. The van der Waals surface area contributed by atoms with Crippen LogP contribution in [0, 0.1) is 0 Å². The molecule has 1 heterocycles. The van der Waals surface area contributed by atoms with E-state index in [9.17, 15) is 9.59 Å². The van der Waals surface area contributed by atoms with E-state index < -0.39 is 5.97 Å². The van der Waals surface area contributed by atoms with Crippen molar-refractivity contribution < 1.29 is 14.7 Å². The van der Waals surface area contributed by atoms with Crippen molar-refractivity contribution in [1.29, 1.82) is 0 Å².